The molecular formula is C26H40N2O2. The summed E-state index contributed by atoms with van der Waals surface area (Å²) in [4.78, 5) is 11.7. The van der Waals surface area contributed by atoms with Gasteiger partial charge in [-0.3, -0.25) is 0 Å². The molecule has 0 aliphatic carbocycles. The number of aromatic nitrogens is 1. The lowest BCUT2D eigenvalue weighted by Crippen LogP contribution is -2.43. The fourth-order valence-corrected chi connectivity index (χ4v) is 4.97. The second-order valence-electron chi connectivity index (χ2n) is 8.56. The Morgan fingerprint density at radius 3 is 2.20 bits per heavy atom. The van der Waals surface area contributed by atoms with Crippen LogP contribution in [0.4, 0.5) is 4.79 Å². The third-order valence-corrected chi connectivity index (χ3v) is 6.29. The van der Waals surface area contributed by atoms with Crippen molar-refractivity contribution in [1.82, 2.24) is 4.57 Å². The molecule has 0 spiro atoms. The molecule has 2 aromatic rings. The number of hydrogen-bond donors (Lipinski definition) is 1. The predicted molar refractivity (Wildman–Crippen MR) is 124 cm³/mol. The van der Waals surface area contributed by atoms with Gasteiger partial charge < -0.3 is 15.0 Å². The quantitative estimate of drug-likeness (QED) is 0.376. The first-order valence-corrected chi connectivity index (χ1v) is 11.7. The number of amides is 1. The van der Waals surface area contributed by atoms with Crippen molar-refractivity contribution in [3.05, 3.63) is 60.4 Å². The van der Waals surface area contributed by atoms with Gasteiger partial charge >= 0.3 is 6.09 Å². The normalized spacial score (nSPS) is 15.3. The summed E-state index contributed by atoms with van der Waals surface area (Å²) >= 11 is 0. The fourth-order valence-electron chi connectivity index (χ4n) is 4.97. The zero-order chi connectivity index (χ0) is 21.8. The lowest BCUT2D eigenvalue weighted by atomic mass is 9.63. The Morgan fingerprint density at radius 1 is 0.967 bits per heavy atom. The summed E-state index contributed by atoms with van der Waals surface area (Å²) < 4.78 is 7.94. The molecule has 4 heteroatoms. The summed E-state index contributed by atoms with van der Waals surface area (Å²) in [6.45, 7) is 7.54. The Bertz CT molecular complexity index is 714. The first-order chi connectivity index (χ1) is 14.6. The summed E-state index contributed by atoms with van der Waals surface area (Å²) in [5, 5.41) is 0. The minimum atomic E-state index is -0.669. The van der Waals surface area contributed by atoms with Gasteiger partial charge in [-0.2, -0.15) is 0 Å². The van der Waals surface area contributed by atoms with Gasteiger partial charge in [0.2, 0.25) is 0 Å². The van der Waals surface area contributed by atoms with Crippen LogP contribution in [0.1, 0.15) is 77.7 Å². The zero-order valence-corrected chi connectivity index (χ0v) is 19.1. The number of hydrogen-bond acceptors (Lipinski definition) is 2. The van der Waals surface area contributed by atoms with Gasteiger partial charge in [-0.25, -0.2) is 4.79 Å². The van der Waals surface area contributed by atoms with E-state index in [9.17, 15) is 4.79 Å². The molecule has 3 atom stereocenters. The number of nitrogens with zero attached hydrogens (tertiary/aromatic N) is 1. The Morgan fingerprint density at radius 2 is 1.63 bits per heavy atom. The molecule has 30 heavy (non-hydrogen) atoms. The minimum Gasteiger partial charge on any atom is -0.446 e. The topological polar surface area (TPSA) is 57.2 Å². The SMILES string of the molecule is CCCCC(CCC)C(CC(CCC)OC(N)=O)(Cn1cccc1)c1ccccc1. The van der Waals surface area contributed by atoms with Crippen LogP contribution in [-0.4, -0.2) is 16.8 Å². The van der Waals surface area contributed by atoms with Crippen molar-refractivity contribution in [2.75, 3.05) is 0 Å². The van der Waals surface area contributed by atoms with Crippen LogP contribution < -0.4 is 5.73 Å². The van der Waals surface area contributed by atoms with Crippen LogP contribution in [0.3, 0.4) is 0 Å². The van der Waals surface area contributed by atoms with Crippen LogP contribution in [-0.2, 0) is 16.7 Å². The van der Waals surface area contributed by atoms with Gasteiger partial charge in [0.15, 0.2) is 0 Å². The Kier molecular flexibility index (Phi) is 9.99. The van der Waals surface area contributed by atoms with E-state index in [0.717, 1.165) is 38.6 Å². The highest BCUT2D eigenvalue weighted by Crippen LogP contribution is 2.44. The van der Waals surface area contributed by atoms with Crippen molar-refractivity contribution in [2.45, 2.75) is 90.2 Å². The Balaban J connectivity index is 2.57. The van der Waals surface area contributed by atoms with Crippen LogP contribution in [0.15, 0.2) is 54.9 Å². The first kappa shape index (κ1) is 24.0. The van der Waals surface area contributed by atoms with Gasteiger partial charge in [-0.1, -0.05) is 76.8 Å². The van der Waals surface area contributed by atoms with E-state index in [1.54, 1.807) is 0 Å². The second-order valence-corrected chi connectivity index (χ2v) is 8.56. The van der Waals surface area contributed by atoms with E-state index in [1.165, 1.54) is 24.8 Å². The third kappa shape index (κ3) is 6.65. The minimum absolute atomic E-state index is 0.124. The number of ether oxygens (including phenoxy) is 1. The first-order valence-electron chi connectivity index (χ1n) is 11.7. The Labute approximate surface area is 182 Å². The van der Waals surface area contributed by atoms with Crippen molar-refractivity contribution < 1.29 is 9.53 Å². The van der Waals surface area contributed by atoms with Gasteiger partial charge in [0, 0.05) is 24.4 Å². The van der Waals surface area contributed by atoms with Crippen LogP contribution >= 0.6 is 0 Å². The smallest absolute Gasteiger partial charge is 0.404 e. The number of primary amides is 1. The fraction of sp³-hybridized carbons (Fsp3) is 0.577. The number of nitrogens with two attached hydrogens (primary N) is 1. The summed E-state index contributed by atoms with van der Waals surface area (Å²) in [5.74, 6) is 0.503. The third-order valence-electron chi connectivity index (χ3n) is 6.29. The number of carbonyl (C=O) groups is 1. The van der Waals surface area contributed by atoms with E-state index in [2.05, 4.69) is 80.2 Å². The number of benzene rings is 1. The molecule has 4 nitrogen and oxygen atoms in total. The van der Waals surface area contributed by atoms with Crippen molar-refractivity contribution in [3.8, 4) is 0 Å². The lowest BCUT2D eigenvalue weighted by molar-refractivity contribution is 0.0549. The van der Waals surface area contributed by atoms with Crippen LogP contribution in [0, 0.1) is 5.92 Å². The van der Waals surface area contributed by atoms with E-state index < -0.39 is 6.09 Å². The van der Waals surface area contributed by atoms with Crippen LogP contribution in [0.5, 0.6) is 0 Å². The van der Waals surface area contributed by atoms with Crippen LogP contribution in [0.2, 0.25) is 0 Å². The van der Waals surface area contributed by atoms with Gasteiger partial charge in [-0.05, 0) is 49.3 Å². The van der Waals surface area contributed by atoms with Crippen molar-refractivity contribution in [1.29, 1.82) is 0 Å². The average molecular weight is 413 g/mol. The highest BCUT2D eigenvalue weighted by atomic mass is 16.6. The van der Waals surface area contributed by atoms with E-state index in [1.807, 2.05) is 0 Å². The average Bonchev–Trinajstić information content (AvgIpc) is 3.24. The highest BCUT2D eigenvalue weighted by Gasteiger charge is 2.42. The zero-order valence-electron chi connectivity index (χ0n) is 19.1. The van der Waals surface area contributed by atoms with Crippen LogP contribution in [0.25, 0.3) is 0 Å². The molecule has 3 unspecified atom stereocenters. The summed E-state index contributed by atoms with van der Waals surface area (Å²) in [6.07, 6.45) is 11.9. The van der Waals surface area contributed by atoms with Gasteiger partial charge in [0.05, 0.1) is 0 Å². The molecular weight excluding hydrogens is 372 g/mol. The van der Waals surface area contributed by atoms with Gasteiger partial charge in [-0.15, -0.1) is 0 Å². The largest absolute Gasteiger partial charge is 0.446 e. The summed E-state index contributed by atoms with van der Waals surface area (Å²) in [5.41, 5.74) is 6.68. The maximum absolute atomic E-state index is 11.7. The molecule has 2 N–H and O–H groups in total. The molecule has 166 valence electrons. The highest BCUT2D eigenvalue weighted by molar-refractivity contribution is 5.64. The molecule has 1 heterocycles. The predicted octanol–water partition coefficient (Wildman–Crippen LogP) is 6.69. The molecule has 0 fully saturated rings. The molecule has 0 bridgehead atoms. The molecule has 0 saturated heterocycles. The number of carbonyl (C=O) groups excluding carboxylic acids is 1. The van der Waals surface area contributed by atoms with E-state index >= 15 is 0 Å². The van der Waals surface area contributed by atoms with E-state index in [4.69, 9.17) is 10.5 Å². The lowest BCUT2D eigenvalue weighted by Gasteiger charge is -2.44. The van der Waals surface area contributed by atoms with Gasteiger partial charge in [0.1, 0.15) is 6.10 Å². The molecule has 0 aliphatic rings. The standard InChI is InChI=1S/C26H40N2O2/c1-4-7-15-22(13-5-2)26(21-28-18-11-12-19-28,23-16-9-8-10-17-23)20-24(14-6-3)30-25(27)29/h8-12,16-19,22,24H,4-7,13-15,20-21H2,1-3H3,(H2,27,29). The molecule has 1 aromatic heterocycles. The molecule has 1 amide bonds. The molecule has 2 rings (SSSR count). The van der Waals surface area contributed by atoms with E-state index in [-0.39, 0.29) is 11.5 Å². The van der Waals surface area contributed by atoms with Crippen molar-refractivity contribution >= 4 is 6.09 Å². The van der Waals surface area contributed by atoms with Gasteiger partial charge in [0.25, 0.3) is 0 Å². The number of unbranched alkanes of at least 4 members (excludes halogenated alkanes) is 1. The molecule has 0 saturated carbocycles. The second kappa shape index (κ2) is 12.5. The summed E-state index contributed by atoms with van der Waals surface area (Å²) in [7, 11) is 0. The van der Waals surface area contributed by atoms with Crippen molar-refractivity contribution in [3.63, 3.8) is 0 Å². The summed E-state index contributed by atoms with van der Waals surface area (Å²) in [6, 6.07) is 15.0. The molecule has 0 radical (unpaired) electrons. The maximum atomic E-state index is 11.7. The van der Waals surface area contributed by atoms with Crippen molar-refractivity contribution in [2.24, 2.45) is 11.7 Å². The number of rotatable bonds is 14. The Hall–Kier alpha value is -2.23. The molecule has 0 aliphatic heterocycles. The maximum Gasteiger partial charge on any atom is 0.404 e. The van der Waals surface area contributed by atoms with E-state index in [0.29, 0.717) is 5.92 Å². The molecule has 1 aromatic carbocycles. The monoisotopic (exact) mass is 412 g/mol.